The minimum absolute atomic E-state index is 0.168. The van der Waals surface area contributed by atoms with Gasteiger partial charge in [-0.1, -0.05) is 0 Å². The molecule has 1 aliphatic rings. The van der Waals surface area contributed by atoms with E-state index in [0.29, 0.717) is 0 Å². The summed E-state index contributed by atoms with van der Waals surface area (Å²) in [5.41, 5.74) is 0.168. The third kappa shape index (κ3) is 2.44. The van der Waals surface area contributed by atoms with Crippen molar-refractivity contribution in [3.05, 3.63) is 0 Å². The Labute approximate surface area is 73.8 Å². The normalized spacial score (nSPS) is 22.5. The predicted molar refractivity (Wildman–Crippen MR) is 47.9 cm³/mol. The molecule has 12 heavy (non-hydrogen) atoms. The maximum Gasteiger partial charge on any atom is 0.0436 e. The molecule has 1 heterocycles. The van der Waals surface area contributed by atoms with Gasteiger partial charge in [-0.15, -0.1) is 0 Å². The van der Waals surface area contributed by atoms with Crippen LogP contribution in [0.5, 0.6) is 0 Å². The van der Waals surface area contributed by atoms with E-state index in [1.165, 1.54) is 6.42 Å². The molecule has 0 saturated carbocycles. The lowest BCUT2D eigenvalue weighted by Crippen LogP contribution is -2.41. The Balaban J connectivity index is 2.44. The summed E-state index contributed by atoms with van der Waals surface area (Å²) in [6, 6.07) is 0. The van der Waals surface area contributed by atoms with Gasteiger partial charge in [0, 0.05) is 19.8 Å². The summed E-state index contributed by atoms with van der Waals surface area (Å²) in [4.78, 5) is 0. The van der Waals surface area contributed by atoms with Crippen LogP contribution in [0.1, 0.15) is 25.7 Å². The third-order valence-corrected chi connectivity index (χ3v) is 2.84. The first-order chi connectivity index (χ1) is 5.83. The average Bonchev–Trinajstić information content (AvgIpc) is 2.07. The van der Waals surface area contributed by atoms with E-state index in [1.807, 2.05) is 0 Å². The Bertz CT molecular complexity index is 106. The lowest BCUT2D eigenvalue weighted by Gasteiger charge is -2.37. The van der Waals surface area contributed by atoms with Crippen LogP contribution in [0, 0.1) is 5.41 Å². The van der Waals surface area contributed by atoms with E-state index in [0.717, 1.165) is 32.4 Å². The van der Waals surface area contributed by atoms with Gasteiger partial charge in [-0.2, -0.15) is 0 Å². The van der Waals surface area contributed by atoms with Gasteiger partial charge >= 0.3 is 0 Å². The van der Waals surface area contributed by atoms with Crippen molar-refractivity contribution in [1.29, 1.82) is 0 Å². The molecule has 0 amide bonds. The summed E-state index contributed by atoms with van der Waals surface area (Å²) in [5, 5.41) is 21.1. The molecular formula is C9H19NO2. The molecule has 0 radical (unpaired) electrons. The highest BCUT2D eigenvalue weighted by atomic mass is 16.3. The maximum atomic E-state index is 8.90. The molecule has 0 aromatic heterocycles. The molecule has 3 heteroatoms. The van der Waals surface area contributed by atoms with Gasteiger partial charge in [0.05, 0.1) is 0 Å². The fourth-order valence-electron chi connectivity index (χ4n) is 2.06. The van der Waals surface area contributed by atoms with Gasteiger partial charge in [0.2, 0.25) is 0 Å². The molecule has 1 fully saturated rings. The van der Waals surface area contributed by atoms with E-state index in [1.54, 1.807) is 0 Å². The zero-order chi connectivity index (χ0) is 8.86. The van der Waals surface area contributed by atoms with Gasteiger partial charge in [0.25, 0.3) is 0 Å². The molecule has 3 N–H and O–H groups in total. The minimum Gasteiger partial charge on any atom is -0.396 e. The molecule has 0 aromatic rings. The largest absolute Gasteiger partial charge is 0.396 e. The van der Waals surface area contributed by atoms with Crippen molar-refractivity contribution in [2.75, 3.05) is 26.3 Å². The first-order valence-corrected chi connectivity index (χ1v) is 4.75. The summed E-state index contributed by atoms with van der Waals surface area (Å²) in [6.07, 6.45) is 3.95. The van der Waals surface area contributed by atoms with Gasteiger partial charge in [0.1, 0.15) is 0 Å². The minimum atomic E-state index is 0.168. The fraction of sp³-hybridized carbons (Fsp3) is 1.00. The van der Waals surface area contributed by atoms with Crippen molar-refractivity contribution in [3.8, 4) is 0 Å². The molecule has 0 atom stereocenters. The van der Waals surface area contributed by atoms with Crippen molar-refractivity contribution >= 4 is 0 Å². The molecule has 1 saturated heterocycles. The Morgan fingerprint density at radius 3 is 2.25 bits per heavy atom. The first kappa shape index (κ1) is 9.96. The van der Waals surface area contributed by atoms with Crippen molar-refractivity contribution in [3.63, 3.8) is 0 Å². The summed E-state index contributed by atoms with van der Waals surface area (Å²) in [6.45, 7) is 2.51. The highest BCUT2D eigenvalue weighted by Crippen LogP contribution is 2.33. The van der Waals surface area contributed by atoms with Crippen molar-refractivity contribution in [1.82, 2.24) is 5.32 Å². The second-order valence-corrected chi connectivity index (χ2v) is 3.73. The van der Waals surface area contributed by atoms with E-state index in [9.17, 15) is 0 Å². The zero-order valence-corrected chi connectivity index (χ0v) is 7.55. The van der Waals surface area contributed by atoms with E-state index in [4.69, 9.17) is 10.2 Å². The SMILES string of the molecule is OCCC1(CCO)CCCNC1. The second-order valence-electron chi connectivity index (χ2n) is 3.73. The van der Waals surface area contributed by atoms with Crippen LogP contribution in [0.4, 0.5) is 0 Å². The third-order valence-electron chi connectivity index (χ3n) is 2.84. The molecular weight excluding hydrogens is 154 g/mol. The highest BCUT2D eigenvalue weighted by Gasteiger charge is 2.30. The van der Waals surface area contributed by atoms with Gasteiger partial charge < -0.3 is 15.5 Å². The molecule has 72 valence electrons. The highest BCUT2D eigenvalue weighted by molar-refractivity contribution is 4.84. The van der Waals surface area contributed by atoms with Gasteiger partial charge in [-0.05, 0) is 37.6 Å². The summed E-state index contributed by atoms with van der Waals surface area (Å²) < 4.78 is 0. The van der Waals surface area contributed by atoms with Gasteiger partial charge in [-0.25, -0.2) is 0 Å². The Morgan fingerprint density at radius 1 is 1.17 bits per heavy atom. The lowest BCUT2D eigenvalue weighted by atomic mass is 9.75. The molecule has 0 aliphatic carbocycles. The van der Waals surface area contributed by atoms with Crippen molar-refractivity contribution in [2.24, 2.45) is 5.41 Å². The van der Waals surface area contributed by atoms with Crippen LogP contribution >= 0.6 is 0 Å². The maximum absolute atomic E-state index is 8.90. The average molecular weight is 173 g/mol. The summed E-state index contributed by atoms with van der Waals surface area (Å²) in [7, 11) is 0. The number of nitrogens with one attached hydrogen (secondary N) is 1. The summed E-state index contributed by atoms with van der Waals surface area (Å²) >= 11 is 0. The van der Waals surface area contributed by atoms with Crippen LogP contribution in [0.25, 0.3) is 0 Å². The van der Waals surface area contributed by atoms with Crippen LogP contribution in [0.3, 0.4) is 0 Å². The van der Waals surface area contributed by atoms with Crippen LogP contribution < -0.4 is 5.32 Å². The van der Waals surface area contributed by atoms with Crippen LogP contribution in [-0.2, 0) is 0 Å². The first-order valence-electron chi connectivity index (χ1n) is 4.75. The van der Waals surface area contributed by atoms with Crippen LogP contribution in [0.15, 0.2) is 0 Å². The number of aliphatic hydroxyl groups is 2. The molecule has 0 spiro atoms. The predicted octanol–water partition coefficient (Wildman–Crippen LogP) is 0.121. The molecule has 0 unspecified atom stereocenters. The smallest absolute Gasteiger partial charge is 0.0436 e. The molecule has 0 aromatic carbocycles. The Kier molecular flexibility index (Phi) is 3.98. The molecule has 1 aliphatic heterocycles. The van der Waals surface area contributed by atoms with Crippen molar-refractivity contribution in [2.45, 2.75) is 25.7 Å². The van der Waals surface area contributed by atoms with Crippen LogP contribution in [-0.4, -0.2) is 36.5 Å². The van der Waals surface area contributed by atoms with Crippen molar-refractivity contribution < 1.29 is 10.2 Å². The molecule has 3 nitrogen and oxygen atoms in total. The van der Waals surface area contributed by atoms with Crippen LogP contribution in [0.2, 0.25) is 0 Å². The van der Waals surface area contributed by atoms with E-state index in [2.05, 4.69) is 5.32 Å². The number of aliphatic hydroxyl groups excluding tert-OH is 2. The number of rotatable bonds is 4. The van der Waals surface area contributed by atoms with Gasteiger partial charge in [0.15, 0.2) is 0 Å². The molecule has 0 bridgehead atoms. The quantitative estimate of drug-likeness (QED) is 0.566. The standard InChI is InChI=1S/C9H19NO2/c11-6-3-9(4-7-12)2-1-5-10-8-9/h10-12H,1-8H2. The topological polar surface area (TPSA) is 52.5 Å². The zero-order valence-electron chi connectivity index (χ0n) is 7.55. The summed E-state index contributed by atoms with van der Waals surface area (Å²) in [5.74, 6) is 0. The van der Waals surface area contributed by atoms with E-state index in [-0.39, 0.29) is 18.6 Å². The Morgan fingerprint density at radius 2 is 1.83 bits per heavy atom. The molecule has 1 rings (SSSR count). The fourth-order valence-corrected chi connectivity index (χ4v) is 2.06. The lowest BCUT2D eigenvalue weighted by molar-refractivity contribution is 0.104. The number of hydrogen-bond acceptors (Lipinski definition) is 3. The second kappa shape index (κ2) is 4.80. The van der Waals surface area contributed by atoms with Gasteiger partial charge in [-0.3, -0.25) is 0 Å². The van der Waals surface area contributed by atoms with E-state index >= 15 is 0 Å². The van der Waals surface area contributed by atoms with E-state index < -0.39 is 0 Å². The number of piperidine rings is 1. The number of hydrogen-bond donors (Lipinski definition) is 3. The monoisotopic (exact) mass is 173 g/mol. The Hall–Kier alpha value is -0.120.